The molecule has 112 valence electrons. The second-order valence-corrected chi connectivity index (χ2v) is 6.69. The number of esters is 1. The van der Waals surface area contributed by atoms with Crippen LogP contribution in [0, 0.1) is 27.4 Å². The molecule has 3 aliphatic carbocycles. The van der Waals surface area contributed by atoms with E-state index in [1.807, 2.05) is 0 Å². The molecule has 3 fully saturated rings. The molecule has 0 spiro atoms. The zero-order chi connectivity index (χ0) is 15.2. The molecule has 0 unspecified atom stereocenters. The maximum Gasteiger partial charge on any atom is 0.338 e. The van der Waals surface area contributed by atoms with Gasteiger partial charge in [-0.05, 0) is 42.7 Å². The van der Waals surface area contributed by atoms with Crippen molar-refractivity contribution in [3.8, 4) is 0 Å². The van der Waals surface area contributed by atoms with Crippen LogP contribution in [0.4, 0.5) is 5.69 Å². The van der Waals surface area contributed by atoms with E-state index in [0.717, 1.165) is 25.2 Å². The summed E-state index contributed by atoms with van der Waals surface area (Å²) in [4.78, 5) is 22.3. The van der Waals surface area contributed by atoms with Crippen LogP contribution in [-0.4, -0.2) is 17.0 Å². The number of hydrogen-bond donors (Lipinski definition) is 0. The van der Waals surface area contributed by atoms with Crippen molar-refractivity contribution in [2.45, 2.75) is 39.2 Å². The zero-order valence-electron chi connectivity index (χ0n) is 12.2. The predicted octanol–water partition coefficient (Wildman–Crippen LogP) is 3.58. The van der Waals surface area contributed by atoms with Gasteiger partial charge in [-0.3, -0.25) is 10.1 Å². The molecule has 2 bridgehead atoms. The SMILES string of the molecule is CC1(C)[C@@H]2CC[C@H](OC(=O)c3ccc([N+](=O)[O-])cc3)[C@@H]1C2. The summed E-state index contributed by atoms with van der Waals surface area (Å²) in [5.74, 6) is 0.825. The highest BCUT2D eigenvalue weighted by atomic mass is 16.6. The summed E-state index contributed by atoms with van der Waals surface area (Å²) in [6, 6.07) is 5.58. The van der Waals surface area contributed by atoms with Crippen molar-refractivity contribution in [2.75, 3.05) is 0 Å². The van der Waals surface area contributed by atoms with Gasteiger partial charge in [-0.1, -0.05) is 13.8 Å². The minimum Gasteiger partial charge on any atom is -0.458 e. The smallest absolute Gasteiger partial charge is 0.338 e. The number of carbonyl (C=O) groups is 1. The first kappa shape index (κ1) is 14.0. The maximum absolute atomic E-state index is 12.2. The number of benzene rings is 1. The molecular formula is C16H19NO4. The Balaban J connectivity index is 1.67. The Bertz CT molecular complexity index is 576. The second kappa shape index (κ2) is 4.83. The number of ether oxygens (including phenoxy) is 1. The molecule has 3 saturated carbocycles. The molecule has 0 saturated heterocycles. The van der Waals surface area contributed by atoms with Crippen molar-refractivity contribution in [3.05, 3.63) is 39.9 Å². The lowest BCUT2D eigenvalue weighted by Gasteiger charge is -2.59. The number of fused-ring (bicyclic) bond motifs is 2. The van der Waals surface area contributed by atoms with Crippen molar-refractivity contribution in [3.63, 3.8) is 0 Å². The molecule has 5 heteroatoms. The molecule has 0 heterocycles. The first-order valence-electron chi connectivity index (χ1n) is 7.35. The van der Waals surface area contributed by atoms with Gasteiger partial charge in [-0.15, -0.1) is 0 Å². The molecule has 4 rings (SSSR count). The molecule has 0 radical (unpaired) electrons. The third-order valence-electron chi connectivity index (χ3n) is 5.37. The summed E-state index contributed by atoms with van der Waals surface area (Å²) in [6.45, 7) is 4.50. The van der Waals surface area contributed by atoms with Crippen LogP contribution in [0.25, 0.3) is 0 Å². The summed E-state index contributed by atoms with van der Waals surface area (Å²) in [7, 11) is 0. The number of rotatable bonds is 3. The summed E-state index contributed by atoms with van der Waals surface area (Å²) in [6.07, 6.45) is 3.16. The van der Waals surface area contributed by atoms with Crippen LogP contribution >= 0.6 is 0 Å². The first-order chi connectivity index (χ1) is 9.89. The Morgan fingerprint density at radius 3 is 2.48 bits per heavy atom. The number of nitro groups is 1. The fourth-order valence-corrected chi connectivity index (χ4v) is 3.81. The van der Waals surface area contributed by atoms with Crippen molar-refractivity contribution in [1.29, 1.82) is 0 Å². The average molecular weight is 289 g/mol. The zero-order valence-corrected chi connectivity index (χ0v) is 12.2. The van der Waals surface area contributed by atoms with Crippen molar-refractivity contribution in [2.24, 2.45) is 17.3 Å². The second-order valence-electron chi connectivity index (χ2n) is 6.69. The van der Waals surface area contributed by atoms with E-state index >= 15 is 0 Å². The highest BCUT2D eigenvalue weighted by Crippen LogP contribution is 2.59. The normalized spacial score (nSPS) is 29.3. The van der Waals surface area contributed by atoms with E-state index in [2.05, 4.69) is 13.8 Å². The van der Waals surface area contributed by atoms with E-state index < -0.39 is 4.92 Å². The average Bonchev–Trinajstić information content (AvgIpc) is 2.47. The minimum atomic E-state index is -0.479. The van der Waals surface area contributed by atoms with Crippen molar-refractivity contribution < 1.29 is 14.5 Å². The molecule has 3 atom stereocenters. The van der Waals surface area contributed by atoms with Crippen LogP contribution in [0.5, 0.6) is 0 Å². The van der Waals surface area contributed by atoms with E-state index in [0.29, 0.717) is 11.5 Å². The number of carbonyl (C=O) groups excluding carboxylic acids is 1. The molecule has 0 aromatic heterocycles. The summed E-state index contributed by atoms with van der Waals surface area (Å²) >= 11 is 0. The molecule has 3 aliphatic rings. The van der Waals surface area contributed by atoms with E-state index in [-0.39, 0.29) is 23.2 Å². The number of nitro benzene ring substituents is 1. The summed E-state index contributed by atoms with van der Waals surface area (Å²) in [5, 5.41) is 10.6. The number of non-ortho nitro benzene ring substituents is 1. The van der Waals surface area contributed by atoms with Gasteiger partial charge in [0.25, 0.3) is 5.69 Å². The van der Waals surface area contributed by atoms with Gasteiger partial charge in [-0.2, -0.15) is 0 Å². The van der Waals surface area contributed by atoms with Crippen LogP contribution < -0.4 is 0 Å². The molecule has 0 amide bonds. The van der Waals surface area contributed by atoms with E-state index in [9.17, 15) is 14.9 Å². The van der Waals surface area contributed by atoms with Gasteiger partial charge in [0.1, 0.15) is 6.10 Å². The fourth-order valence-electron chi connectivity index (χ4n) is 3.81. The van der Waals surface area contributed by atoms with Gasteiger partial charge in [0.2, 0.25) is 0 Å². The Kier molecular flexibility index (Phi) is 3.23. The monoisotopic (exact) mass is 289 g/mol. The topological polar surface area (TPSA) is 69.4 Å². The molecule has 21 heavy (non-hydrogen) atoms. The van der Waals surface area contributed by atoms with Crippen LogP contribution in [-0.2, 0) is 4.74 Å². The fraction of sp³-hybridized carbons (Fsp3) is 0.562. The maximum atomic E-state index is 12.2. The van der Waals surface area contributed by atoms with E-state index in [4.69, 9.17) is 4.74 Å². The quantitative estimate of drug-likeness (QED) is 0.484. The Morgan fingerprint density at radius 1 is 1.29 bits per heavy atom. The standard InChI is InChI=1S/C16H19NO4/c1-16(2)11-5-8-14(13(16)9-11)21-15(18)10-3-6-12(7-4-10)17(19)20/h3-4,6-7,11,13-14H,5,8-9H2,1-2H3/t11-,13+,14+/m1/s1. The minimum absolute atomic E-state index is 0.0207. The van der Waals surface area contributed by atoms with Crippen LogP contribution in [0.1, 0.15) is 43.5 Å². The predicted molar refractivity (Wildman–Crippen MR) is 76.9 cm³/mol. The largest absolute Gasteiger partial charge is 0.458 e. The van der Waals surface area contributed by atoms with Gasteiger partial charge in [0, 0.05) is 18.1 Å². The van der Waals surface area contributed by atoms with Crippen LogP contribution in [0.15, 0.2) is 24.3 Å². The first-order valence-corrected chi connectivity index (χ1v) is 7.35. The van der Waals surface area contributed by atoms with Gasteiger partial charge in [-0.25, -0.2) is 4.79 Å². The molecule has 5 nitrogen and oxygen atoms in total. The molecule has 1 aromatic rings. The summed E-state index contributed by atoms with van der Waals surface area (Å²) < 4.78 is 5.65. The van der Waals surface area contributed by atoms with Crippen molar-refractivity contribution >= 4 is 11.7 Å². The van der Waals surface area contributed by atoms with E-state index in [1.54, 1.807) is 0 Å². The Hall–Kier alpha value is -1.91. The lowest BCUT2D eigenvalue weighted by molar-refractivity contribution is -0.384. The third kappa shape index (κ3) is 2.30. The molecule has 1 aromatic carbocycles. The third-order valence-corrected chi connectivity index (χ3v) is 5.37. The van der Waals surface area contributed by atoms with Gasteiger partial charge >= 0.3 is 5.97 Å². The van der Waals surface area contributed by atoms with Crippen molar-refractivity contribution in [1.82, 2.24) is 0 Å². The Labute approximate surface area is 123 Å². The number of hydrogen-bond acceptors (Lipinski definition) is 4. The highest BCUT2D eigenvalue weighted by Gasteiger charge is 2.55. The molecular weight excluding hydrogens is 270 g/mol. The lowest BCUT2D eigenvalue weighted by Crippen LogP contribution is -2.55. The molecule has 0 aliphatic heterocycles. The van der Waals surface area contributed by atoms with Crippen LogP contribution in [0.3, 0.4) is 0 Å². The highest BCUT2D eigenvalue weighted by molar-refractivity contribution is 5.89. The summed E-state index contributed by atoms with van der Waals surface area (Å²) in [5.41, 5.74) is 0.616. The molecule has 0 N–H and O–H groups in total. The Morgan fingerprint density at radius 2 is 1.95 bits per heavy atom. The van der Waals surface area contributed by atoms with Crippen LogP contribution in [0.2, 0.25) is 0 Å². The van der Waals surface area contributed by atoms with Gasteiger partial charge < -0.3 is 4.74 Å². The van der Waals surface area contributed by atoms with Gasteiger partial charge in [0.05, 0.1) is 10.5 Å². The number of nitrogens with zero attached hydrogens (tertiary/aromatic N) is 1. The van der Waals surface area contributed by atoms with Gasteiger partial charge in [0.15, 0.2) is 0 Å². The van der Waals surface area contributed by atoms with E-state index in [1.165, 1.54) is 24.3 Å². The lowest BCUT2D eigenvalue weighted by atomic mass is 9.48.